The predicted octanol–water partition coefficient (Wildman–Crippen LogP) is 6.72. The van der Waals surface area contributed by atoms with Crippen LogP contribution >= 0.6 is 0 Å². The second kappa shape index (κ2) is 17.6. The quantitative estimate of drug-likeness (QED) is 0.0763. The Hall–Kier alpha value is -4.54. The second-order valence-electron chi connectivity index (χ2n) is 13.8. The second-order valence-corrected chi connectivity index (χ2v) is 13.8. The molecular formula is C42H50N2O7. The van der Waals surface area contributed by atoms with Crippen LogP contribution in [0.15, 0.2) is 121 Å². The number of amides is 2. The lowest BCUT2D eigenvalue weighted by Crippen LogP contribution is -2.66. The molecule has 5 atom stereocenters. The van der Waals surface area contributed by atoms with Gasteiger partial charge in [0.05, 0.1) is 18.6 Å². The van der Waals surface area contributed by atoms with Crippen LogP contribution in [0.1, 0.15) is 62.8 Å². The van der Waals surface area contributed by atoms with Gasteiger partial charge in [0, 0.05) is 6.54 Å². The van der Waals surface area contributed by atoms with Crippen molar-refractivity contribution in [1.29, 1.82) is 0 Å². The third-order valence-electron chi connectivity index (χ3n) is 8.89. The molecule has 5 rings (SSSR count). The number of hydrogen-bond acceptors (Lipinski definition) is 7. The van der Waals surface area contributed by atoms with Crippen molar-refractivity contribution in [2.24, 2.45) is 5.41 Å². The van der Waals surface area contributed by atoms with Crippen molar-refractivity contribution in [2.45, 2.75) is 83.4 Å². The molecular weight excluding hydrogens is 644 g/mol. The summed E-state index contributed by atoms with van der Waals surface area (Å²) in [5.74, 6) is -0.522. The number of hydrogen-bond donors (Lipinski definition) is 3. The molecule has 2 amide bonds. The van der Waals surface area contributed by atoms with E-state index >= 15 is 0 Å². The van der Waals surface area contributed by atoms with Gasteiger partial charge >= 0.3 is 12.0 Å². The highest BCUT2D eigenvalue weighted by molar-refractivity contribution is 5.76. The zero-order chi connectivity index (χ0) is 36.3. The van der Waals surface area contributed by atoms with E-state index in [1.807, 2.05) is 128 Å². The number of ether oxygens (including phenoxy) is 4. The number of aliphatic hydroxyl groups excluding tert-OH is 1. The first kappa shape index (κ1) is 37.7. The number of benzene rings is 4. The topological polar surface area (TPSA) is 115 Å². The SMILES string of the molecule is CCCCNC(=O)N[C@H]1O[C@H](COC(c2ccccc2)(c2ccccc2)c2ccccc2)[C@@H](OC(=O)C(C)(C)C)[C@H](O)[C@@H]1OCc1ccccc1. The lowest BCUT2D eigenvalue weighted by Gasteiger charge is -2.45. The Morgan fingerprint density at radius 2 is 1.27 bits per heavy atom. The van der Waals surface area contributed by atoms with Crippen LogP contribution in [-0.2, 0) is 35.9 Å². The van der Waals surface area contributed by atoms with Crippen molar-refractivity contribution in [3.8, 4) is 0 Å². The van der Waals surface area contributed by atoms with Crippen LogP contribution in [0.3, 0.4) is 0 Å². The molecule has 1 heterocycles. The van der Waals surface area contributed by atoms with Crippen LogP contribution in [0.4, 0.5) is 4.79 Å². The van der Waals surface area contributed by atoms with Gasteiger partial charge in [0.25, 0.3) is 0 Å². The Morgan fingerprint density at radius 1 is 0.765 bits per heavy atom. The summed E-state index contributed by atoms with van der Waals surface area (Å²) in [7, 11) is 0. The molecule has 1 fully saturated rings. The molecule has 4 aromatic carbocycles. The van der Waals surface area contributed by atoms with Gasteiger partial charge in [-0.1, -0.05) is 135 Å². The molecule has 1 saturated heterocycles. The first-order chi connectivity index (χ1) is 24.6. The molecule has 0 radical (unpaired) electrons. The summed E-state index contributed by atoms with van der Waals surface area (Å²) in [4.78, 5) is 26.6. The van der Waals surface area contributed by atoms with Gasteiger partial charge in [-0.3, -0.25) is 4.79 Å². The van der Waals surface area contributed by atoms with Crippen molar-refractivity contribution in [3.05, 3.63) is 144 Å². The first-order valence-corrected chi connectivity index (χ1v) is 17.7. The molecule has 0 aliphatic carbocycles. The van der Waals surface area contributed by atoms with Crippen LogP contribution in [0.5, 0.6) is 0 Å². The maximum Gasteiger partial charge on any atom is 0.316 e. The third kappa shape index (κ3) is 9.42. The summed E-state index contributed by atoms with van der Waals surface area (Å²) in [6.45, 7) is 7.75. The van der Waals surface area contributed by atoms with E-state index < -0.39 is 53.7 Å². The normalized spacial score (nSPS) is 20.7. The van der Waals surface area contributed by atoms with Gasteiger partial charge in [-0.2, -0.15) is 0 Å². The number of esters is 1. The summed E-state index contributed by atoms with van der Waals surface area (Å²) in [5, 5.41) is 17.8. The summed E-state index contributed by atoms with van der Waals surface area (Å²) >= 11 is 0. The summed E-state index contributed by atoms with van der Waals surface area (Å²) in [6, 6.07) is 38.7. The molecule has 51 heavy (non-hydrogen) atoms. The molecule has 0 bridgehead atoms. The molecule has 0 unspecified atom stereocenters. The third-order valence-corrected chi connectivity index (χ3v) is 8.89. The molecule has 1 aliphatic heterocycles. The maximum absolute atomic E-state index is 13.4. The molecule has 270 valence electrons. The van der Waals surface area contributed by atoms with Gasteiger partial charge in [0.15, 0.2) is 12.3 Å². The average Bonchev–Trinajstić information content (AvgIpc) is 3.14. The predicted molar refractivity (Wildman–Crippen MR) is 196 cm³/mol. The van der Waals surface area contributed by atoms with Gasteiger partial charge in [-0.15, -0.1) is 0 Å². The van der Waals surface area contributed by atoms with Crippen molar-refractivity contribution >= 4 is 12.0 Å². The van der Waals surface area contributed by atoms with Crippen molar-refractivity contribution in [3.63, 3.8) is 0 Å². The van der Waals surface area contributed by atoms with E-state index in [0.29, 0.717) is 6.54 Å². The Balaban J connectivity index is 1.54. The fourth-order valence-electron chi connectivity index (χ4n) is 6.11. The molecule has 9 heteroatoms. The number of nitrogens with one attached hydrogen (secondary N) is 2. The Bertz CT molecular complexity index is 1550. The number of unbranched alkanes of at least 4 members (excludes halogenated alkanes) is 1. The zero-order valence-corrected chi connectivity index (χ0v) is 29.9. The van der Waals surface area contributed by atoms with E-state index in [2.05, 4.69) is 10.6 Å². The molecule has 1 aliphatic rings. The number of aliphatic hydroxyl groups is 1. The summed E-state index contributed by atoms with van der Waals surface area (Å²) in [6.07, 6.45) is -4.08. The minimum Gasteiger partial charge on any atom is -0.456 e. The van der Waals surface area contributed by atoms with E-state index in [4.69, 9.17) is 18.9 Å². The molecule has 0 saturated carbocycles. The number of carbonyl (C=O) groups excluding carboxylic acids is 2. The van der Waals surface area contributed by atoms with Gasteiger partial charge in [-0.25, -0.2) is 4.79 Å². The molecule has 0 aromatic heterocycles. The highest BCUT2D eigenvalue weighted by atomic mass is 16.6. The van der Waals surface area contributed by atoms with Crippen molar-refractivity contribution in [1.82, 2.24) is 10.6 Å². The van der Waals surface area contributed by atoms with Gasteiger partial charge < -0.3 is 34.7 Å². The molecule has 4 aromatic rings. The van der Waals surface area contributed by atoms with E-state index in [-0.39, 0.29) is 13.2 Å². The molecule has 0 spiro atoms. The van der Waals surface area contributed by atoms with Crippen LogP contribution in [0, 0.1) is 5.41 Å². The van der Waals surface area contributed by atoms with Crippen LogP contribution in [0.25, 0.3) is 0 Å². The number of carbonyl (C=O) groups is 2. The summed E-state index contributed by atoms with van der Waals surface area (Å²) < 4.78 is 26.0. The van der Waals surface area contributed by atoms with Gasteiger partial charge in [0.1, 0.15) is 23.9 Å². The van der Waals surface area contributed by atoms with E-state index in [0.717, 1.165) is 35.1 Å². The smallest absolute Gasteiger partial charge is 0.316 e. The van der Waals surface area contributed by atoms with Gasteiger partial charge in [0.2, 0.25) is 0 Å². The fourth-order valence-corrected chi connectivity index (χ4v) is 6.11. The lowest BCUT2D eigenvalue weighted by molar-refractivity contribution is -0.263. The largest absolute Gasteiger partial charge is 0.456 e. The lowest BCUT2D eigenvalue weighted by atomic mass is 9.80. The Morgan fingerprint density at radius 3 is 1.76 bits per heavy atom. The zero-order valence-electron chi connectivity index (χ0n) is 29.9. The Labute approximate surface area is 301 Å². The monoisotopic (exact) mass is 694 g/mol. The highest BCUT2D eigenvalue weighted by Crippen LogP contribution is 2.41. The minimum atomic E-state index is -1.39. The van der Waals surface area contributed by atoms with E-state index in [9.17, 15) is 14.7 Å². The average molecular weight is 695 g/mol. The van der Waals surface area contributed by atoms with Crippen LogP contribution < -0.4 is 10.6 Å². The number of urea groups is 1. The molecule has 9 nitrogen and oxygen atoms in total. The highest BCUT2D eigenvalue weighted by Gasteiger charge is 2.51. The molecule has 3 N–H and O–H groups in total. The maximum atomic E-state index is 13.4. The number of rotatable bonds is 14. The van der Waals surface area contributed by atoms with Crippen molar-refractivity contribution in [2.75, 3.05) is 13.2 Å². The van der Waals surface area contributed by atoms with Gasteiger partial charge in [-0.05, 0) is 49.4 Å². The van der Waals surface area contributed by atoms with E-state index in [1.165, 1.54) is 0 Å². The van der Waals surface area contributed by atoms with Crippen LogP contribution in [-0.4, -0.2) is 60.9 Å². The minimum absolute atomic E-state index is 0.126. The van der Waals surface area contributed by atoms with Crippen LogP contribution in [0.2, 0.25) is 0 Å². The van der Waals surface area contributed by atoms with E-state index in [1.54, 1.807) is 20.8 Å². The Kier molecular flexibility index (Phi) is 13.0. The fraction of sp³-hybridized carbons (Fsp3) is 0.381. The summed E-state index contributed by atoms with van der Waals surface area (Å²) in [5.41, 5.74) is 1.49. The van der Waals surface area contributed by atoms with Crippen molar-refractivity contribution < 1.29 is 33.6 Å². The first-order valence-electron chi connectivity index (χ1n) is 17.7. The standard InChI is InChI=1S/C42H50N2O7/c1-5-6-27-43-40(47)44-38-37(48-28-30-19-11-7-12-20-30)35(45)36(51-39(46)41(2,3)4)34(50-38)29-49-42(31-21-13-8-14-22-31,32-23-15-9-16-24-32)33-25-17-10-18-26-33/h7-26,34-38,45H,5-6,27-29H2,1-4H3,(H2,43,44,47)/t34-,35+,36-,37+,38+/m1/s1.